The lowest BCUT2D eigenvalue weighted by atomic mass is 9.93. The molecule has 1 unspecified atom stereocenters. The van der Waals surface area contributed by atoms with Crippen molar-refractivity contribution in [2.75, 3.05) is 25.5 Å². The Balaban J connectivity index is 1.80. The van der Waals surface area contributed by atoms with Crippen LogP contribution in [0.4, 0.5) is 10.3 Å². The predicted molar refractivity (Wildman–Crippen MR) is 119 cm³/mol. The molecule has 8 nitrogen and oxygen atoms in total. The number of anilines is 1. The predicted octanol–water partition coefficient (Wildman–Crippen LogP) is 2.81. The molecule has 3 heterocycles. The summed E-state index contributed by atoms with van der Waals surface area (Å²) in [6, 6.07) is 8.69. The van der Waals surface area contributed by atoms with Gasteiger partial charge in [0.25, 0.3) is 11.5 Å². The second-order valence-electron chi connectivity index (χ2n) is 8.06. The third kappa shape index (κ3) is 4.23. The zero-order valence-corrected chi connectivity index (χ0v) is 18.3. The molecule has 1 aliphatic heterocycles. The maximum absolute atomic E-state index is 13.5. The van der Waals surface area contributed by atoms with Crippen molar-refractivity contribution in [2.24, 2.45) is 7.05 Å². The number of halogens is 1. The van der Waals surface area contributed by atoms with Crippen molar-refractivity contribution in [1.82, 2.24) is 24.6 Å². The van der Waals surface area contributed by atoms with Gasteiger partial charge in [-0.05, 0) is 43.0 Å². The van der Waals surface area contributed by atoms with Crippen LogP contribution < -0.4 is 10.5 Å². The van der Waals surface area contributed by atoms with Crippen LogP contribution in [0.5, 0.6) is 0 Å². The third-order valence-electron chi connectivity index (χ3n) is 5.62. The van der Waals surface area contributed by atoms with Gasteiger partial charge in [-0.2, -0.15) is 5.10 Å². The summed E-state index contributed by atoms with van der Waals surface area (Å²) in [5, 5.41) is 4.14. The molecule has 166 valence electrons. The van der Waals surface area contributed by atoms with E-state index in [2.05, 4.69) is 10.1 Å². The van der Waals surface area contributed by atoms with Crippen LogP contribution >= 0.6 is 0 Å². The van der Waals surface area contributed by atoms with Crippen molar-refractivity contribution in [1.29, 1.82) is 0 Å². The van der Waals surface area contributed by atoms with E-state index in [1.54, 1.807) is 23.2 Å². The van der Waals surface area contributed by atoms with E-state index in [0.29, 0.717) is 18.2 Å². The molecule has 1 saturated heterocycles. The molecule has 0 saturated carbocycles. The number of rotatable bonds is 4. The summed E-state index contributed by atoms with van der Waals surface area (Å²) in [5.41, 5.74) is 2.19. The molecule has 0 spiro atoms. The quantitative estimate of drug-likeness (QED) is 0.625. The zero-order chi connectivity index (χ0) is 22.8. The molecule has 0 aliphatic carbocycles. The summed E-state index contributed by atoms with van der Waals surface area (Å²) in [6.45, 7) is 0.554. The average molecular weight is 436 g/mol. The Kier molecular flexibility index (Phi) is 5.98. The topological polar surface area (TPSA) is 84.2 Å². The number of benzene rings is 1. The molecule has 3 aromatic rings. The summed E-state index contributed by atoms with van der Waals surface area (Å²) in [4.78, 5) is 37.9. The van der Waals surface area contributed by atoms with E-state index in [1.165, 1.54) is 31.3 Å². The van der Waals surface area contributed by atoms with Crippen LogP contribution in [0.1, 0.15) is 41.5 Å². The van der Waals surface area contributed by atoms with Crippen molar-refractivity contribution >= 4 is 11.9 Å². The van der Waals surface area contributed by atoms with Crippen LogP contribution in [0.2, 0.25) is 0 Å². The van der Waals surface area contributed by atoms with Gasteiger partial charge >= 0.3 is 0 Å². The first-order chi connectivity index (χ1) is 15.3. The fourth-order valence-electron chi connectivity index (χ4n) is 3.93. The second kappa shape index (κ2) is 8.86. The minimum absolute atomic E-state index is 0.212. The highest BCUT2D eigenvalue weighted by Gasteiger charge is 2.33. The molecule has 0 radical (unpaired) electrons. The fraction of sp³-hybridized carbons (Fsp3) is 0.348. The van der Waals surface area contributed by atoms with Crippen molar-refractivity contribution in [3.63, 3.8) is 0 Å². The van der Waals surface area contributed by atoms with Gasteiger partial charge in [-0.25, -0.2) is 19.0 Å². The number of piperidine rings is 1. The Bertz CT molecular complexity index is 1190. The lowest BCUT2D eigenvalue weighted by molar-refractivity contribution is 0.0598. The fourth-order valence-corrected chi connectivity index (χ4v) is 3.93. The van der Waals surface area contributed by atoms with Crippen LogP contribution in [0.25, 0.3) is 11.1 Å². The van der Waals surface area contributed by atoms with Crippen LogP contribution in [0.3, 0.4) is 0 Å². The highest BCUT2D eigenvalue weighted by molar-refractivity contribution is 5.92. The summed E-state index contributed by atoms with van der Waals surface area (Å²) in [6.07, 6.45) is 4.27. The number of amides is 1. The van der Waals surface area contributed by atoms with Gasteiger partial charge in [0.2, 0.25) is 5.95 Å². The minimum atomic E-state index is -0.323. The third-order valence-corrected chi connectivity index (χ3v) is 5.62. The van der Waals surface area contributed by atoms with E-state index in [-0.39, 0.29) is 29.0 Å². The number of hydrogen-bond acceptors (Lipinski definition) is 6. The number of carbonyl (C=O) groups excluding carboxylic acids is 1. The van der Waals surface area contributed by atoms with E-state index in [4.69, 9.17) is 4.98 Å². The lowest BCUT2D eigenvalue weighted by Gasteiger charge is -2.36. The monoisotopic (exact) mass is 436 g/mol. The van der Waals surface area contributed by atoms with E-state index in [0.717, 1.165) is 35.1 Å². The second-order valence-corrected chi connectivity index (χ2v) is 8.06. The highest BCUT2D eigenvalue weighted by Crippen LogP contribution is 2.37. The van der Waals surface area contributed by atoms with Gasteiger partial charge < -0.3 is 9.80 Å². The Morgan fingerprint density at radius 2 is 1.88 bits per heavy atom. The highest BCUT2D eigenvalue weighted by atomic mass is 19.1. The van der Waals surface area contributed by atoms with Gasteiger partial charge in [0, 0.05) is 45.5 Å². The van der Waals surface area contributed by atoms with Crippen LogP contribution in [-0.2, 0) is 7.05 Å². The van der Waals surface area contributed by atoms with Gasteiger partial charge in [-0.15, -0.1) is 0 Å². The Labute approximate surface area is 185 Å². The number of aryl methyl sites for hydroxylation is 1. The Hall–Kier alpha value is -3.62. The molecule has 32 heavy (non-hydrogen) atoms. The number of likely N-dealkylation sites (tertiary alicyclic amines) is 1. The van der Waals surface area contributed by atoms with Gasteiger partial charge in [0.1, 0.15) is 11.5 Å². The van der Waals surface area contributed by atoms with Crippen molar-refractivity contribution < 1.29 is 9.18 Å². The number of aromatic nitrogens is 4. The first-order valence-electron chi connectivity index (χ1n) is 10.5. The van der Waals surface area contributed by atoms with Crippen molar-refractivity contribution in [3.8, 4) is 11.1 Å². The first-order valence-corrected chi connectivity index (χ1v) is 10.5. The molecule has 1 atom stereocenters. The largest absolute Gasteiger partial charge is 0.347 e. The van der Waals surface area contributed by atoms with E-state index in [1.807, 2.05) is 19.0 Å². The van der Waals surface area contributed by atoms with E-state index in [9.17, 15) is 14.0 Å². The SMILES string of the molecule is CN(C)c1ncc(-c2ccc(F)cc2)c(C2CCCCN2C(=O)c2ccc(=O)n(C)n2)n1. The molecule has 4 rings (SSSR count). The van der Waals surface area contributed by atoms with Crippen LogP contribution in [0, 0.1) is 5.82 Å². The lowest BCUT2D eigenvalue weighted by Crippen LogP contribution is -2.40. The first kappa shape index (κ1) is 21.6. The van der Waals surface area contributed by atoms with Gasteiger partial charge in [0.05, 0.1) is 11.7 Å². The average Bonchev–Trinajstić information content (AvgIpc) is 2.80. The van der Waals surface area contributed by atoms with Gasteiger partial charge in [-0.3, -0.25) is 9.59 Å². The molecule has 2 aromatic heterocycles. The molecule has 9 heteroatoms. The molecular formula is C23H25FN6O2. The smallest absolute Gasteiger partial charge is 0.274 e. The van der Waals surface area contributed by atoms with Gasteiger partial charge in [-0.1, -0.05) is 12.1 Å². The molecule has 0 N–H and O–H groups in total. The number of hydrogen-bond donors (Lipinski definition) is 0. The Morgan fingerprint density at radius 3 is 2.56 bits per heavy atom. The number of nitrogens with zero attached hydrogens (tertiary/aromatic N) is 6. The molecule has 0 bridgehead atoms. The van der Waals surface area contributed by atoms with Crippen molar-refractivity contribution in [3.05, 3.63) is 70.2 Å². The maximum atomic E-state index is 13.5. The summed E-state index contributed by atoms with van der Waals surface area (Å²) >= 11 is 0. The summed E-state index contributed by atoms with van der Waals surface area (Å²) in [5.74, 6) is -0.0409. The minimum Gasteiger partial charge on any atom is -0.347 e. The standard InChI is InChI=1S/C23H25FN6O2/c1-28(2)23-25-14-17(15-7-9-16(24)10-8-15)21(26-23)19-6-4-5-13-30(19)22(32)18-11-12-20(31)29(3)27-18/h7-12,14,19H,4-6,13H2,1-3H3. The molecule has 1 aliphatic rings. The molecule has 1 fully saturated rings. The van der Waals surface area contributed by atoms with Crippen molar-refractivity contribution in [2.45, 2.75) is 25.3 Å². The molecule has 1 aromatic carbocycles. The van der Waals surface area contributed by atoms with E-state index < -0.39 is 0 Å². The number of carbonyl (C=O) groups is 1. The Morgan fingerprint density at radius 1 is 1.12 bits per heavy atom. The zero-order valence-electron chi connectivity index (χ0n) is 18.3. The molecule has 1 amide bonds. The van der Waals surface area contributed by atoms with E-state index >= 15 is 0 Å². The summed E-state index contributed by atoms with van der Waals surface area (Å²) < 4.78 is 14.7. The summed E-state index contributed by atoms with van der Waals surface area (Å²) in [7, 11) is 5.23. The normalized spacial score (nSPS) is 16.1. The van der Waals surface area contributed by atoms with Crippen LogP contribution in [-0.4, -0.2) is 51.2 Å². The molecular weight excluding hydrogens is 411 g/mol. The van der Waals surface area contributed by atoms with Crippen LogP contribution in [0.15, 0.2) is 47.4 Å². The maximum Gasteiger partial charge on any atom is 0.274 e. The van der Waals surface area contributed by atoms with Gasteiger partial charge in [0.15, 0.2) is 0 Å².